The van der Waals surface area contributed by atoms with Gasteiger partial charge in [0.05, 0.1) is 30.9 Å². The number of methoxy groups -OCH3 is 2. The molecule has 29 heavy (non-hydrogen) atoms. The second-order valence-electron chi connectivity index (χ2n) is 6.07. The maximum absolute atomic E-state index is 12.3. The van der Waals surface area contributed by atoms with Crippen LogP contribution < -0.4 is 14.8 Å². The van der Waals surface area contributed by atoms with E-state index < -0.39 is 22.9 Å². The number of ether oxygens (including phenoxy) is 3. The summed E-state index contributed by atoms with van der Waals surface area (Å²) in [7, 11) is 2.88. The van der Waals surface area contributed by atoms with Gasteiger partial charge in [0.1, 0.15) is 11.5 Å². The van der Waals surface area contributed by atoms with Crippen molar-refractivity contribution in [2.24, 2.45) is 0 Å². The van der Waals surface area contributed by atoms with Crippen LogP contribution >= 0.6 is 0 Å². The molecule has 0 fully saturated rings. The standard InChI is InChI=1S/C20H22N2O7/c1-13(29-19(23)11-8-14-6-4-5-7-17(14)27-2)20(24)21-16-10-9-15(22(25)26)12-18(16)28-3/h4-7,9-10,12-13H,8,11H2,1-3H3,(H,21,24)/t13-/m0/s1. The van der Waals surface area contributed by atoms with E-state index in [1.807, 2.05) is 18.2 Å². The molecule has 1 atom stereocenters. The molecular weight excluding hydrogens is 380 g/mol. The average Bonchev–Trinajstić information content (AvgIpc) is 2.72. The highest BCUT2D eigenvalue weighted by atomic mass is 16.6. The molecule has 0 bridgehead atoms. The van der Waals surface area contributed by atoms with Crippen molar-refractivity contribution in [2.75, 3.05) is 19.5 Å². The number of amides is 1. The molecule has 9 heteroatoms. The SMILES string of the molecule is COc1ccccc1CCC(=O)O[C@@H](C)C(=O)Nc1ccc([N+](=O)[O-])cc1OC. The number of nitrogens with one attached hydrogen (secondary N) is 1. The van der Waals surface area contributed by atoms with E-state index in [-0.39, 0.29) is 23.5 Å². The van der Waals surface area contributed by atoms with Gasteiger partial charge in [-0.1, -0.05) is 18.2 Å². The Morgan fingerprint density at radius 2 is 1.79 bits per heavy atom. The van der Waals surface area contributed by atoms with E-state index in [1.165, 1.54) is 32.2 Å². The number of rotatable bonds is 9. The van der Waals surface area contributed by atoms with E-state index in [9.17, 15) is 19.7 Å². The van der Waals surface area contributed by atoms with E-state index in [2.05, 4.69) is 5.32 Å². The summed E-state index contributed by atoms with van der Waals surface area (Å²) in [6.45, 7) is 1.44. The van der Waals surface area contributed by atoms with Crippen LogP contribution in [0.2, 0.25) is 0 Å². The lowest BCUT2D eigenvalue weighted by Crippen LogP contribution is -2.30. The first-order valence-electron chi connectivity index (χ1n) is 8.80. The number of esters is 1. The van der Waals surface area contributed by atoms with Crippen molar-refractivity contribution in [1.82, 2.24) is 0 Å². The molecule has 0 aromatic heterocycles. The number of nitro groups is 1. The Morgan fingerprint density at radius 3 is 2.45 bits per heavy atom. The number of carbonyl (C=O) groups is 2. The topological polar surface area (TPSA) is 117 Å². The van der Waals surface area contributed by atoms with Gasteiger partial charge in [-0.3, -0.25) is 19.7 Å². The Hall–Kier alpha value is -3.62. The average molecular weight is 402 g/mol. The van der Waals surface area contributed by atoms with Crippen LogP contribution in [0, 0.1) is 10.1 Å². The highest BCUT2D eigenvalue weighted by Gasteiger charge is 2.20. The number of nitro benzene ring substituents is 1. The molecule has 1 N–H and O–H groups in total. The van der Waals surface area contributed by atoms with Gasteiger partial charge in [-0.05, 0) is 31.0 Å². The van der Waals surface area contributed by atoms with Gasteiger partial charge in [0.15, 0.2) is 6.10 Å². The van der Waals surface area contributed by atoms with E-state index in [0.717, 1.165) is 5.56 Å². The number of para-hydroxylation sites is 1. The summed E-state index contributed by atoms with van der Waals surface area (Å²) in [6.07, 6.45) is -0.563. The lowest BCUT2D eigenvalue weighted by Gasteiger charge is -2.15. The molecule has 2 rings (SSSR count). The molecule has 1 amide bonds. The number of hydrogen-bond acceptors (Lipinski definition) is 7. The third-order valence-electron chi connectivity index (χ3n) is 4.12. The number of nitrogens with zero attached hydrogens (tertiary/aromatic N) is 1. The largest absolute Gasteiger partial charge is 0.496 e. The zero-order valence-corrected chi connectivity index (χ0v) is 16.3. The monoisotopic (exact) mass is 402 g/mol. The van der Waals surface area contributed by atoms with Gasteiger partial charge in [-0.25, -0.2) is 0 Å². The van der Waals surface area contributed by atoms with Gasteiger partial charge in [0.2, 0.25) is 0 Å². The minimum Gasteiger partial charge on any atom is -0.496 e. The van der Waals surface area contributed by atoms with E-state index in [0.29, 0.717) is 12.2 Å². The lowest BCUT2D eigenvalue weighted by molar-refractivity contribution is -0.384. The van der Waals surface area contributed by atoms with E-state index >= 15 is 0 Å². The molecule has 0 radical (unpaired) electrons. The van der Waals surface area contributed by atoms with Gasteiger partial charge < -0.3 is 19.5 Å². The maximum Gasteiger partial charge on any atom is 0.306 e. The predicted molar refractivity (Wildman–Crippen MR) is 105 cm³/mol. The Morgan fingerprint density at radius 1 is 1.10 bits per heavy atom. The zero-order chi connectivity index (χ0) is 21.4. The van der Waals surface area contributed by atoms with Crippen LogP contribution in [-0.4, -0.2) is 37.1 Å². The van der Waals surface area contributed by atoms with Crippen LogP contribution in [0.25, 0.3) is 0 Å². The summed E-state index contributed by atoms with van der Waals surface area (Å²) < 4.78 is 15.5. The number of non-ortho nitro benzene ring substituents is 1. The fourth-order valence-electron chi connectivity index (χ4n) is 2.59. The van der Waals surface area contributed by atoms with Crippen molar-refractivity contribution in [3.05, 3.63) is 58.1 Å². The van der Waals surface area contributed by atoms with Gasteiger partial charge in [-0.2, -0.15) is 0 Å². The van der Waals surface area contributed by atoms with Crippen molar-refractivity contribution in [1.29, 1.82) is 0 Å². The molecule has 0 heterocycles. The second-order valence-corrected chi connectivity index (χ2v) is 6.07. The van der Waals surface area contributed by atoms with Gasteiger partial charge >= 0.3 is 5.97 Å². The first-order valence-corrected chi connectivity index (χ1v) is 8.80. The number of carbonyl (C=O) groups excluding carboxylic acids is 2. The van der Waals surface area contributed by atoms with Crippen LogP contribution in [0.15, 0.2) is 42.5 Å². The highest BCUT2D eigenvalue weighted by molar-refractivity contribution is 5.96. The minimum absolute atomic E-state index is 0.0822. The Bertz CT molecular complexity index is 898. The van der Waals surface area contributed by atoms with Crippen molar-refractivity contribution in [3.8, 4) is 11.5 Å². The number of hydrogen-bond donors (Lipinski definition) is 1. The number of aryl methyl sites for hydroxylation is 1. The first-order chi connectivity index (χ1) is 13.8. The molecular formula is C20H22N2O7. The van der Waals surface area contributed by atoms with Gasteiger partial charge in [0, 0.05) is 12.5 Å². The van der Waals surface area contributed by atoms with Crippen LogP contribution in [0.1, 0.15) is 18.9 Å². The molecule has 0 saturated carbocycles. The molecule has 0 aliphatic heterocycles. The molecule has 9 nitrogen and oxygen atoms in total. The fraction of sp³-hybridized carbons (Fsp3) is 0.300. The predicted octanol–water partition coefficient (Wildman–Crippen LogP) is 3.12. The normalized spacial score (nSPS) is 11.3. The third-order valence-corrected chi connectivity index (χ3v) is 4.12. The molecule has 0 spiro atoms. The second kappa shape index (κ2) is 10.1. The quantitative estimate of drug-likeness (QED) is 0.389. The summed E-state index contributed by atoms with van der Waals surface area (Å²) in [6, 6.07) is 11.1. The Labute approximate surface area is 167 Å². The third kappa shape index (κ3) is 5.93. The lowest BCUT2D eigenvalue weighted by atomic mass is 10.1. The fourth-order valence-corrected chi connectivity index (χ4v) is 2.59. The summed E-state index contributed by atoms with van der Waals surface area (Å²) in [5.41, 5.74) is 0.926. The van der Waals surface area contributed by atoms with Crippen molar-refractivity contribution in [2.45, 2.75) is 25.9 Å². The van der Waals surface area contributed by atoms with Crippen LogP contribution in [0.3, 0.4) is 0 Å². The summed E-state index contributed by atoms with van der Waals surface area (Å²) in [4.78, 5) is 34.7. The van der Waals surface area contributed by atoms with Gasteiger partial charge in [0.25, 0.3) is 11.6 Å². The molecule has 0 aliphatic carbocycles. The van der Waals surface area contributed by atoms with Gasteiger partial charge in [-0.15, -0.1) is 0 Å². The molecule has 154 valence electrons. The smallest absolute Gasteiger partial charge is 0.306 e. The van der Waals surface area contributed by atoms with Crippen molar-refractivity contribution >= 4 is 23.3 Å². The Balaban J connectivity index is 1.93. The molecule has 0 saturated heterocycles. The molecule has 2 aromatic rings. The van der Waals surface area contributed by atoms with Crippen LogP contribution in [0.5, 0.6) is 11.5 Å². The van der Waals surface area contributed by atoms with Crippen molar-refractivity contribution < 1.29 is 28.7 Å². The minimum atomic E-state index is -1.06. The highest BCUT2D eigenvalue weighted by Crippen LogP contribution is 2.29. The summed E-state index contributed by atoms with van der Waals surface area (Å²) >= 11 is 0. The molecule has 2 aromatic carbocycles. The van der Waals surface area contributed by atoms with Crippen molar-refractivity contribution in [3.63, 3.8) is 0 Å². The Kier molecular flexibility index (Phi) is 7.53. The molecule has 0 unspecified atom stereocenters. The number of benzene rings is 2. The first kappa shape index (κ1) is 21.7. The summed E-state index contributed by atoms with van der Waals surface area (Å²) in [5.74, 6) is -0.310. The number of anilines is 1. The summed E-state index contributed by atoms with van der Waals surface area (Å²) in [5, 5.41) is 13.4. The van der Waals surface area contributed by atoms with Crippen LogP contribution in [-0.2, 0) is 20.7 Å². The molecule has 0 aliphatic rings. The zero-order valence-electron chi connectivity index (χ0n) is 16.3. The van der Waals surface area contributed by atoms with E-state index in [1.54, 1.807) is 13.2 Å². The van der Waals surface area contributed by atoms with Crippen LogP contribution in [0.4, 0.5) is 11.4 Å². The maximum atomic E-state index is 12.3. The van der Waals surface area contributed by atoms with E-state index in [4.69, 9.17) is 14.2 Å².